The Morgan fingerprint density at radius 3 is 2.20 bits per heavy atom. The minimum absolute atomic E-state index is 0.0768. The van der Waals surface area contributed by atoms with E-state index in [-0.39, 0.29) is 23.2 Å². The monoisotopic (exact) mass is 581 g/mol. The van der Waals surface area contributed by atoms with Gasteiger partial charge in [-0.15, -0.1) is 0 Å². The van der Waals surface area contributed by atoms with Crippen molar-refractivity contribution >= 4 is 17.3 Å². The molecular formula is C36H56ClN3O. The van der Waals surface area contributed by atoms with E-state index in [1.807, 2.05) is 26.0 Å². The van der Waals surface area contributed by atoms with Gasteiger partial charge >= 0.3 is 0 Å². The summed E-state index contributed by atoms with van der Waals surface area (Å²) in [6, 6.07) is 15.4. The summed E-state index contributed by atoms with van der Waals surface area (Å²) in [5.41, 5.74) is 10.7. The van der Waals surface area contributed by atoms with Crippen molar-refractivity contribution in [1.82, 2.24) is 5.32 Å². The van der Waals surface area contributed by atoms with Gasteiger partial charge in [-0.3, -0.25) is 10.3 Å². The average Bonchev–Trinajstić information content (AvgIpc) is 2.87. The van der Waals surface area contributed by atoms with E-state index in [1.54, 1.807) is 0 Å². The van der Waals surface area contributed by atoms with E-state index in [9.17, 15) is 0 Å². The third-order valence-electron chi connectivity index (χ3n) is 8.57. The summed E-state index contributed by atoms with van der Waals surface area (Å²) in [4.78, 5) is 5.53. The highest BCUT2D eigenvalue weighted by Crippen LogP contribution is 2.44. The van der Waals surface area contributed by atoms with Crippen LogP contribution in [0.4, 0.5) is 0 Å². The second kappa shape index (κ2) is 14.1. The zero-order chi connectivity index (χ0) is 30.4. The SMILES string of the molecule is C/C(=N\C1(NC(CCC(C)(C)C)c2ccc(CCN)cc2)CCC(C(C)(C)C)CC1)c1ccc(OC(C)C)c(Cl)c1. The van der Waals surface area contributed by atoms with Gasteiger partial charge in [-0.25, -0.2) is 0 Å². The molecule has 3 rings (SSSR count). The molecule has 0 aliphatic heterocycles. The zero-order valence-corrected chi connectivity index (χ0v) is 28.0. The fourth-order valence-corrected chi connectivity index (χ4v) is 6.24. The van der Waals surface area contributed by atoms with Crippen molar-refractivity contribution in [2.24, 2.45) is 27.5 Å². The quantitative estimate of drug-likeness (QED) is 0.260. The van der Waals surface area contributed by atoms with Gasteiger partial charge in [-0.2, -0.15) is 0 Å². The first-order valence-electron chi connectivity index (χ1n) is 15.7. The molecule has 3 N–H and O–H groups in total. The molecule has 0 saturated heterocycles. The van der Waals surface area contributed by atoms with Crippen LogP contribution in [0.1, 0.15) is 124 Å². The van der Waals surface area contributed by atoms with Gasteiger partial charge in [0.1, 0.15) is 11.4 Å². The number of aliphatic imine (C=N–C) groups is 1. The van der Waals surface area contributed by atoms with Crippen LogP contribution in [0.25, 0.3) is 0 Å². The average molecular weight is 582 g/mol. The number of ether oxygens (including phenoxy) is 1. The van der Waals surface area contributed by atoms with Crippen LogP contribution >= 0.6 is 11.6 Å². The normalized spacial score (nSPS) is 21.3. The first-order chi connectivity index (χ1) is 19.1. The zero-order valence-electron chi connectivity index (χ0n) is 27.2. The van der Waals surface area contributed by atoms with Crippen LogP contribution in [0.5, 0.6) is 5.75 Å². The number of nitrogens with zero attached hydrogens (tertiary/aromatic N) is 1. The summed E-state index contributed by atoms with van der Waals surface area (Å²) in [5, 5.41) is 4.79. The molecule has 0 amide bonds. The van der Waals surface area contributed by atoms with Gasteiger partial charge in [-0.05, 0) is 124 Å². The third-order valence-corrected chi connectivity index (χ3v) is 8.87. The molecule has 1 unspecified atom stereocenters. The Hall–Kier alpha value is -1.88. The van der Waals surface area contributed by atoms with E-state index in [0.717, 1.165) is 62.0 Å². The highest BCUT2D eigenvalue weighted by Gasteiger charge is 2.40. The molecule has 5 heteroatoms. The van der Waals surface area contributed by atoms with Crippen molar-refractivity contribution in [2.75, 3.05) is 6.54 Å². The second-order valence-electron chi connectivity index (χ2n) is 14.8. The minimum Gasteiger partial charge on any atom is -0.489 e. The highest BCUT2D eigenvalue weighted by molar-refractivity contribution is 6.32. The fraction of sp³-hybridized carbons (Fsp3) is 0.639. The van der Waals surface area contributed by atoms with Crippen LogP contribution in [0, 0.1) is 16.7 Å². The van der Waals surface area contributed by atoms with Crippen LogP contribution in [-0.2, 0) is 6.42 Å². The van der Waals surface area contributed by atoms with Crippen LogP contribution in [0.15, 0.2) is 47.5 Å². The molecule has 0 heterocycles. The van der Waals surface area contributed by atoms with Crippen molar-refractivity contribution in [1.29, 1.82) is 0 Å². The number of nitrogens with one attached hydrogen (secondary N) is 1. The summed E-state index contributed by atoms with van der Waals surface area (Å²) < 4.78 is 5.88. The molecule has 1 saturated carbocycles. The second-order valence-corrected chi connectivity index (χ2v) is 15.2. The molecule has 2 aromatic carbocycles. The maximum atomic E-state index is 6.64. The Balaban J connectivity index is 1.99. The number of rotatable bonds is 11. The maximum absolute atomic E-state index is 6.64. The molecule has 1 fully saturated rings. The van der Waals surface area contributed by atoms with Gasteiger partial charge in [0.15, 0.2) is 0 Å². The molecular weight excluding hydrogens is 526 g/mol. The lowest BCUT2D eigenvalue weighted by atomic mass is 9.69. The summed E-state index contributed by atoms with van der Waals surface area (Å²) in [6.45, 7) is 21.0. The Morgan fingerprint density at radius 1 is 1.05 bits per heavy atom. The predicted octanol–water partition coefficient (Wildman–Crippen LogP) is 9.53. The van der Waals surface area contributed by atoms with E-state index in [2.05, 4.69) is 84.1 Å². The van der Waals surface area contributed by atoms with Crippen molar-refractivity contribution < 1.29 is 4.74 Å². The van der Waals surface area contributed by atoms with Gasteiger partial charge in [0, 0.05) is 11.8 Å². The Kier molecular flexibility index (Phi) is 11.5. The molecule has 228 valence electrons. The van der Waals surface area contributed by atoms with Crippen molar-refractivity contribution in [3.05, 3.63) is 64.2 Å². The lowest BCUT2D eigenvalue weighted by Crippen LogP contribution is -2.49. The van der Waals surface area contributed by atoms with Gasteiger partial charge in [0.25, 0.3) is 0 Å². The number of hydrogen-bond acceptors (Lipinski definition) is 4. The minimum atomic E-state index is -0.329. The van der Waals surface area contributed by atoms with Crippen molar-refractivity contribution in [3.8, 4) is 5.75 Å². The summed E-state index contributed by atoms with van der Waals surface area (Å²) >= 11 is 6.64. The predicted molar refractivity (Wildman–Crippen MR) is 177 cm³/mol. The van der Waals surface area contributed by atoms with Crippen LogP contribution in [-0.4, -0.2) is 24.0 Å². The molecule has 1 aliphatic rings. The van der Waals surface area contributed by atoms with Crippen molar-refractivity contribution in [2.45, 2.75) is 125 Å². The molecule has 1 atom stereocenters. The molecule has 41 heavy (non-hydrogen) atoms. The summed E-state index contributed by atoms with van der Waals surface area (Å²) in [7, 11) is 0. The molecule has 0 spiro atoms. The van der Waals surface area contributed by atoms with E-state index >= 15 is 0 Å². The largest absolute Gasteiger partial charge is 0.489 e. The van der Waals surface area contributed by atoms with Crippen LogP contribution < -0.4 is 15.8 Å². The molecule has 2 aromatic rings. The number of halogens is 1. The topological polar surface area (TPSA) is 59.6 Å². The smallest absolute Gasteiger partial charge is 0.138 e. The Labute approximate surface area is 255 Å². The van der Waals surface area contributed by atoms with Gasteiger partial charge in [0.05, 0.1) is 11.1 Å². The van der Waals surface area contributed by atoms with Gasteiger partial charge in [-0.1, -0.05) is 77.4 Å². The van der Waals surface area contributed by atoms with E-state index in [1.165, 1.54) is 11.1 Å². The Morgan fingerprint density at radius 2 is 1.68 bits per heavy atom. The lowest BCUT2D eigenvalue weighted by molar-refractivity contribution is 0.107. The molecule has 0 radical (unpaired) electrons. The molecule has 1 aliphatic carbocycles. The molecule has 0 aromatic heterocycles. The van der Waals surface area contributed by atoms with Gasteiger partial charge in [0.2, 0.25) is 0 Å². The Bertz CT molecular complexity index is 1130. The van der Waals surface area contributed by atoms with Crippen LogP contribution in [0.2, 0.25) is 5.02 Å². The van der Waals surface area contributed by atoms with E-state index < -0.39 is 0 Å². The number of hydrogen-bond donors (Lipinski definition) is 2. The van der Waals surface area contributed by atoms with E-state index in [0.29, 0.717) is 22.9 Å². The maximum Gasteiger partial charge on any atom is 0.138 e. The fourth-order valence-electron chi connectivity index (χ4n) is 6.02. The highest BCUT2D eigenvalue weighted by atomic mass is 35.5. The number of benzene rings is 2. The third kappa shape index (κ3) is 10.1. The summed E-state index contributed by atoms with van der Waals surface area (Å²) in [5.74, 6) is 1.41. The van der Waals surface area contributed by atoms with Crippen molar-refractivity contribution in [3.63, 3.8) is 0 Å². The first kappa shape index (κ1) is 33.6. The first-order valence-corrected chi connectivity index (χ1v) is 16.1. The molecule has 4 nitrogen and oxygen atoms in total. The molecule has 0 bridgehead atoms. The lowest BCUT2D eigenvalue weighted by Gasteiger charge is -2.45. The standard InChI is InChI=1S/C36H56ClN3O/c1-25(2)41-33-15-14-29(24-31(33)37)26(3)39-36(21-16-30(17-22-36)35(7,8)9)40-32(18-20-34(4,5)6)28-12-10-27(11-13-28)19-23-38/h10-15,24-25,30,32,40H,16-23,38H2,1-9H3/b39-26+. The number of nitrogens with two attached hydrogens (primary N) is 1. The summed E-state index contributed by atoms with van der Waals surface area (Å²) in [6.07, 6.45) is 7.54. The van der Waals surface area contributed by atoms with Crippen LogP contribution in [0.3, 0.4) is 0 Å². The van der Waals surface area contributed by atoms with E-state index in [4.69, 9.17) is 27.1 Å². The van der Waals surface area contributed by atoms with Gasteiger partial charge < -0.3 is 10.5 Å².